The number of carbonyl (C=O) groups excluding carboxylic acids is 1. The molecule has 1 amide bonds. The third-order valence-electron chi connectivity index (χ3n) is 3.79. The number of amides is 1. The van der Waals surface area contributed by atoms with Gasteiger partial charge in [0.2, 0.25) is 10.0 Å². The highest BCUT2D eigenvalue weighted by Gasteiger charge is 2.22. The fourth-order valence-corrected chi connectivity index (χ4v) is 3.83. The van der Waals surface area contributed by atoms with Gasteiger partial charge in [-0.15, -0.1) is 12.4 Å². The number of aromatic amines is 1. The standard InChI is InChI=1S/C18H26N4O3S.ClH/c1-14(2)21-26(24,25)16-12-17(20-13-16)18(23)22(11-9-19)10-8-15-6-4-3-5-7-15;/h3-7,12-14,20-21H,8-11,19H2,1-2H3;1H. The van der Waals surface area contributed by atoms with Crippen molar-refractivity contribution >= 4 is 28.3 Å². The molecular formula is C18H27ClN4O3S. The third-order valence-corrected chi connectivity index (χ3v) is 5.43. The van der Waals surface area contributed by atoms with Crippen LogP contribution >= 0.6 is 12.4 Å². The van der Waals surface area contributed by atoms with Crippen LogP contribution in [0.1, 0.15) is 29.9 Å². The maximum atomic E-state index is 12.7. The van der Waals surface area contributed by atoms with E-state index in [-0.39, 0.29) is 34.9 Å². The highest BCUT2D eigenvalue weighted by molar-refractivity contribution is 7.89. The van der Waals surface area contributed by atoms with E-state index in [9.17, 15) is 13.2 Å². The van der Waals surface area contributed by atoms with Crippen molar-refractivity contribution in [2.45, 2.75) is 31.2 Å². The van der Waals surface area contributed by atoms with Gasteiger partial charge in [-0.05, 0) is 31.9 Å². The Labute approximate surface area is 166 Å². The molecule has 0 aliphatic heterocycles. The number of sulfonamides is 1. The predicted octanol–water partition coefficient (Wildman–Crippen LogP) is 1.77. The molecule has 0 spiro atoms. The van der Waals surface area contributed by atoms with Gasteiger partial charge in [0.05, 0.1) is 0 Å². The molecule has 4 N–H and O–H groups in total. The van der Waals surface area contributed by atoms with E-state index in [1.165, 1.54) is 12.3 Å². The number of nitrogens with zero attached hydrogens (tertiary/aromatic N) is 1. The van der Waals surface area contributed by atoms with Crippen molar-refractivity contribution in [3.05, 3.63) is 53.9 Å². The van der Waals surface area contributed by atoms with E-state index in [0.717, 1.165) is 5.56 Å². The summed E-state index contributed by atoms with van der Waals surface area (Å²) in [6.07, 6.45) is 2.03. The number of nitrogens with two attached hydrogens (primary N) is 1. The first kappa shape index (κ1) is 23.2. The van der Waals surface area contributed by atoms with Crippen molar-refractivity contribution in [3.8, 4) is 0 Å². The molecule has 0 aliphatic carbocycles. The molecular weight excluding hydrogens is 388 g/mol. The van der Waals surface area contributed by atoms with Gasteiger partial charge in [0.1, 0.15) is 10.6 Å². The SMILES string of the molecule is CC(C)NS(=O)(=O)c1c[nH]c(C(=O)N(CCN)CCc2ccccc2)c1.Cl. The van der Waals surface area contributed by atoms with E-state index >= 15 is 0 Å². The second-order valence-corrected chi connectivity index (χ2v) is 8.06. The highest BCUT2D eigenvalue weighted by atomic mass is 35.5. The molecule has 1 heterocycles. The molecule has 150 valence electrons. The van der Waals surface area contributed by atoms with Gasteiger partial charge in [-0.2, -0.15) is 0 Å². The largest absolute Gasteiger partial charge is 0.356 e. The fraction of sp³-hybridized carbons (Fsp3) is 0.389. The van der Waals surface area contributed by atoms with Gasteiger partial charge in [-0.3, -0.25) is 4.79 Å². The van der Waals surface area contributed by atoms with Crippen LogP contribution in [0.25, 0.3) is 0 Å². The zero-order valence-electron chi connectivity index (χ0n) is 15.5. The Kier molecular flexibility index (Phi) is 8.98. The topological polar surface area (TPSA) is 108 Å². The van der Waals surface area contributed by atoms with E-state index in [4.69, 9.17) is 5.73 Å². The fourth-order valence-electron chi connectivity index (χ4n) is 2.58. The van der Waals surface area contributed by atoms with E-state index in [0.29, 0.717) is 26.1 Å². The number of nitrogens with one attached hydrogen (secondary N) is 2. The van der Waals surface area contributed by atoms with E-state index in [2.05, 4.69) is 9.71 Å². The third kappa shape index (κ3) is 6.66. The second kappa shape index (κ2) is 10.5. The molecule has 0 fully saturated rings. The van der Waals surface area contributed by atoms with Gasteiger partial charge < -0.3 is 15.6 Å². The first-order valence-electron chi connectivity index (χ1n) is 8.57. The van der Waals surface area contributed by atoms with Crippen molar-refractivity contribution < 1.29 is 13.2 Å². The number of benzene rings is 1. The molecule has 0 unspecified atom stereocenters. The Morgan fingerprint density at radius 1 is 1.22 bits per heavy atom. The molecule has 9 heteroatoms. The molecule has 0 bridgehead atoms. The summed E-state index contributed by atoms with van der Waals surface area (Å²) in [6.45, 7) is 4.72. The molecule has 0 atom stereocenters. The zero-order chi connectivity index (χ0) is 19.2. The first-order valence-corrected chi connectivity index (χ1v) is 10.1. The van der Waals surface area contributed by atoms with Crippen molar-refractivity contribution in [3.63, 3.8) is 0 Å². The number of aromatic nitrogens is 1. The Balaban J connectivity index is 0.00000364. The van der Waals surface area contributed by atoms with E-state index < -0.39 is 10.0 Å². The number of carbonyl (C=O) groups is 1. The van der Waals surface area contributed by atoms with Crippen LogP contribution in [-0.2, 0) is 16.4 Å². The quantitative estimate of drug-likeness (QED) is 0.581. The van der Waals surface area contributed by atoms with Gasteiger partial charge in [0.15, 0.2) is 0 Å². The van der Waals surface area contributed by atoms with Crippen molar-refractivity contribution in [2.24, 2.45) is 5.73 Å². The minimum absolute atomic E-state index is 0. The number of rotatable bonds is 9. The van der Waals surface area contributed by atoms with Crippen LogP contribution < -0.4 is 10.5 Å². The van der Waals surface area contributed by atoms with Crippen LogP contribution in [0.3, 0.4) is 0 Å². The summed E-state index contributed by atoms with van der Waals surface area (Å²) in [4.78, 5) is 17.2. The highest BCUT2D eigenvalue weighted by Crippen LogP contribution is 2.13. The zero-order valence-corrected chi connectivity index (χ0v) is 17.1. The van der Waals surface area contributed by atoms with Gasteiger partial charge in [-0.25, -0.2) is 13.1 Å². The molecule has 0 saturated heterocycles. The molecule has 0 aliphatic rings. The van der Waals surface area contributed by atoms with Crippen LogP contribution in [0.5, 0.6) is 0 Å². The number of H-pyrrole nitrogens is 1. The second-order valence-electron chi connectivity index (χ2n) is 6.34. The van der Waals surface area contributed by atoms with E-state index in [1.54, 1.807) is 18.7 Å². The Morgan fingerprint density at radius 2 is 1.89 bits per heavy atom. The minimum atomic E-state index is -3.64. The molecule has 1 aromatic carbocycles. The molecule has 0 radical (unpaired) electrons. The van der Waals surface area contributed by atoms with Crippen LogP contribution in [0.15, 0.2) is 47.5 Å². The van der Waals surface area contributed by atoms with Gasteiger partial charge in [0, 0.05) is 31.9 Å². The lowest BCUT2D eigenvalue weighted by atomic mass is 10.1. The lowest BCUT2D eigenvalue weighted by molar-refractivity contribution is 0.0757. The summed E-state index contributed by atoms with van der Waals surface area (Å²) in [6, 6.07) is 11.0. The van der Waals surface area contributed by atoms with Gasteiger partial charge in [0.25, 0.3) is 5.91 Å². The molecule has 27 heavy (non-hydrogen) atoms. The van der Waals surface area contributed by atoms with Crippen molar-refractivity contribution in [1.29, 1.82) is 0 Å². The normalized spacial score (nSPS) is 11.3. The molecule has 2 rings (SSSR count). The molecule has 1 aromatic heterocycles. The first-order chi connectivity index (χ1) is 12.3. The number of halogens is 1. The average Bonchev–Trinajstić information content (AvgIpc) is 3.09. The minimum Gasteiger partial charge on any atom is -0.356 e. The van der Waals surface area contributed by atoms with Crippen LogP contribution in [0.2, 0.25) is 0 Å². The lowest BCUT2D eigenvalue weighted by Gasteiger charge is -2.21. The average molecular weight is 415 g/mol. The smallest absolute Gasteiger partial charge is 0.270 e. The van der Waals surface area contributed by atoms with E-state index in [1.807, 2.05) is 30.3 Å². The Hall–Kier alpha value is -1.87. The van der Waals surface area contributed by atoms with Crippen molar-refractivity contribution in [2.75, 3.05) is 19.6 Å². The summed E-state index contributed by atoms with van der Waals surface area (Å²) in [7, 11) is -3.64. The number of hydrogen-bond acceptors (Lipinski definition) is 4. The molecule has 0 saturated carbocycles. The maximum Gasteiger partial charge on any atom is 0.270 e. The van der Waals surface area contributed by atoms with Crippen LogP contribution in [0.4, 0.5) is 0 Å². The summed E-state index contributed by atoms with van der Waals surface area (Å²) in [5, 5.41) is 0. The Bertz CT molecular complexity index is 822. The summed E-state index contributed by atoms with van der Waals surface area (Å²) in [5.74, 6) is -0.266. The predicted molar refractivity (Wildman–Crippen MR) is 109 cm³/mol. The number of hydrogen-bond donors (Lipinski definition) is 3. The Morgan fingerprint density at radius 3 is 2.48 bits per heavy atom. The lowest BCUT2D eigenvalue weighted by Crippen LogP contribution is -2.37. The van der Waals surface area contributed by atoms with Gasteiger partial charge in [-0.1, -0.05) is 30.3 Å². The maximum absolute atomic E-state index is 12.7. The summed E-state index contributed by atoms with van der Waals surface area (Å²) >= 11 is 0. The van der Waals surface area contributed by atoms with Crippen LogP contribution in [-0.4, -0.2) is 49.9 Å². The van der Waals surface area contributed by atoms with Crippen LogP contribution in [0, 0.1) is 0 Å². The molecule has 7 nitrogen and oxygen atoms in total. The van der Waals surface area contributed by atoms with Gasteiger partial charge >= 0.3 is 0 Å². The van der Waals surface area contributed by atoms with Crippen molar-refractivity contribution in [1.82, 2.24) is 14.6 Å². The summed E-state index contributed by atoms with van der Waals surface area (Å²) in [5.41, 5.74) is 6.99. The summed E-state index contributed by atoms with van der Waals surface area (Å²) < 4.78 is 26.9. The monoisotopic (exact) mass is 414 g/mol. The molecule has 2 aromatic rings.